The van der Waals surface area contributed by atoms with E-state index in [1.165, 1.54) is 25.2 Å². The topological polar surface area (TPSA) is 113 Å². The van der Waals surface area contributed by atoms with E-state index >= 15 is 0 Å². The third-order valence-electron chi connectivity index (χ3n) is 7.75. The predicted molar refractivity (Wildman–Crippen MR) is 160 cm³/mol. The monoisotopic (exact) mass is 606 g/mol. The van der Waals surface area contributed by atoms with Crippen LogP contribution in [0.1, 0.15) is 54.1 Å². The number of rotatable bonds is 10. The van der Waals surface area contributed by atoms with Gasteiger partial charge in [0.05, 0.1) is 37.9 Å². The first-order valence-corrected chi connectivity index (χ1v) is 14.7. The van der Waals surface area contributed by atoms with E-state index in [1.807, 2.05) is 31.2 Å². The van der Waals surface area contributed by atoms with Crippen molar-refractivity contribution >= 4 is 23.7 Å². The average Bonchev–Trinajstić information content (AvgIpc) is 3.40. The van der Waals surface area contributed by atoms with Gasteiger partial charge in [0.15, 0.2) is 24.0 Å². The second-order valence-electron chi connectivity index (χ2n) is 10.9. The molecule has 3 aliphatic rings. The summed E-state index contributed by atoms with van der Waals surface area (Å²) < 4.78 is 34.6. The lowest BCUT2D eigenvalue weighted by Gasteiger charge is -2.38. The summed E-state index contributed by atoms with van der Waals surface area (Å²) in [6.45, 7) is 6.26. The summed E-state index contributed by atoms with van der Waals surface area (Å²) in [7, 11) is 2.83. The number of ether oxygens (including phenoxy) is 6. The normalized spacial score (nSPS) is 21.0. The van der Waals surface area contributed by atoms with Gasteiger partial charge in [-0.1, -0.05) is 42.5 Å². The molecule has 0 aromatic heterocycles. The fourth-order valence-corrected chi connectivity index (χ4v) is 5.66. The molecule has 2 aromatic rings. The maximum atomic E-state index is 14.1. The Morgan fingerprint density at radius 1 is 1.11 bits per heavy atom. The molecule has 0 N–H and O–H groups in total. The Morgan fingerprint density at radius 3 is 2.66 bits per heavy atom. The van der Waals surface area contributed by atoms with E-state index in [2.05, 4.69) is 6.58 Å². The summed E-state index contributed by atoms with van der Waals surface area (Å²) >= 11 is 0. The predicted octanol–water partition coefficient (Wildman–Crippen LogP) is 5.12. The van der Waals surface area contributed by atoms with Crippen LogP contribution in [0, 0.1) is 0 Å². The van der Waals surface area contributed by atoms with Gasteiger partial charge in [0, 0.05) is 18.9 Å². The Balaban J connectivity index is 1.54. The lowest BCUT2D eigenvalue weighted by molar-refractivity contribution is -0.195. The van der Waals surface area contributed by atoms with Crippen molar-refractivity contribution < 1.29 is 42.8 Å². The zero-order valence-corrected chi connectivity index (χ0v) is 25.3. The van der Waals surface area contributed by atoms with Crippen LogP contribution in [-0.2, 0) is 36.8 Å². The van der Waals surface area contributed by atoms with Gasteiger partial charge in [0.1, 0.15) is 13.2 Å². The second kappa shape index (κ2) is 14.0. The summed E-state index contributed by atoms with van der Waals surface area (Å²) in [6, 6.07) is 10.1. The molecule has 11 nitrogen and oxygen atoms in total. The Labute approximate surface area is 256 Å². The molecular formula is C33H38N2O9. The highest BCUT2D eigenvalue weighted by atomic mass is 16.7. The number of amides is 2. The summed E-state index contributed by atoms with van der Waals surface area (Å²) in [6.07, 6.45) is 4.28. The van der Waals surface area contributed by atoms with Crippen LogP contribution in [0.4, 0.5) is 10.5 Å². The average molecular weight is 607 g/mol. The molecule has 44 heavy (non-hydrogen) atoms. The molecule has 0 spiro atoms. The third kappa shape index (κ3) is 6.74. The highest BCUT2D eigenvalue weighted by Crippen LogP contribution is 2.43. The number of anilines is 1. The van der Waals surface area contributed by atoms with Crippen molar-refractivity contribution in [3.05, 3.63) is 77.5 Å². The fourth-order valence-electron chi connectivity index (χ4n) is 5.66. The van der Waals surface area contributed by atoms with E-state index < -0.39 is 24.7 Å². The number of carbonyl (C=O) groups excluding carboxylic acids is 3. The number of esters is 1. The highest BCUT2D eigenvalue weighted by Gasteiger charge is 2.47. The van der Waals surface area contributed by atoms with Crippen molar-refractivity contribution in [2.75, 3.05) is 32.3 Å². The van der Waals surface area contributed by atoms with Crippen LogP contribution in [0.3, 0.4) is 0 Å². The third-order valence-corrected chi connectivity index (χ3v) is 7.75. The van der Waals surface area contributed by atoms with Gasteiger partial charge in [-0.3, -0.25) is 9.59 Å². The minimum absolute atomic E-state index is 0.0294. The van der Waals surface area contributed by atoms with Crippen molar-refractivity contribution in [2.24, 2.45) is 0 Å². The molecule has 1 saturated heterocycles. The smallest absolute Gasteiger partial charge is 0.416 e. The van der Waals surface area contributed by atoms with Crippen LogP contribution in [0.15, 0.2) is 60.8 Å². The largest absolute Gasteiger partial charge is 0.493 e. The maximum Gasteiger partial charge on any atom is 0.416 e. The molecule has 0 radical (unpaired) electrons. The molecular weight excluding hydrogens is 568 g/mol. The van der Waals surface area contributed by atoms with Crippen LogP contribution in [0.5, 0.6) is 11.5 Å². The minimum Gasteiger partial charge on any atom is -0.493 e. The lowest BCUT2D eigenvalue weighted by Crippen LogP contribution is -2.53. The molecule has 234 valence electrons. The number of methoxy groups -OCH3 is 2. The number of hydrogen-bond acceptors (Lipinski definition) is 9. The van der Waals surface area contributed by atoms with Crippen LogP contribution >= 0.6 is 0 Å². The van der Waals surface area contributed by atoms with Crippen molar-refractivity contribution in [3.63, 3.8) is 0 Å². The Bertz CT molecular complexity index is 1430. The van der Waals surface area contributed by atoms with E-state index in [0.717, 1.165) is 29.5 Å². The second-order valence-corrected chi connectivity index (χ2v) is 10.9. The van der Waals surface area contributed by atoms with Crippen molar-refractivity contribution in [1.82, 2.24) is 4.90 Å². The van der Waals surface area contributed by atoms with E-state index in [9.17, 15) is 14.4 Å². The number of nitrogens with zero attached hydrogens (tertiary/aromatic N) is 2. The van der Waals surface area contributed by atoms with Gasteiger partial charge in [-0.15, -0.1) is 0 Å². The number of fused-ring (bicyclic) bond motifs is 2. The number of benzene rings is 2. The summed E-state index contributed by atoms with van der Waals surface area (Å²) in [5.41, 5.74) is 3.06. The molecule has 0 bridgehead atoms. The Hall–Kier alpha value is -4.35. The standard InChI is InChI=1S/C33H38N2O9/c1-5-12-42-33(38)35-25-18-28(43-20-23-10-8-9-22(15-23)16-29(36)40-4)27(39-3)17-24(25)31(37)34-19-21(2)14-26(34)32(35)44-30-11-6-7-13-41-30/h5,8-10,15,17-19,26,30,32H,1,6-7,11-14,16,20H2,2-4H3/t26-,30?,32?/m0/s1. The van der Waals surface area contributed by atoms with Crippen LogP contribution in [-0.4, -0.2) is 68.9 Å². The summed E-state index contributed by atoms with van der Waals surface area (Å²) in [5, 5.41) is 0. The molecule has 2 aromatic carbocycles. The summed E-state index contributed by atoms with van der Waals surface area (Å²) in [5.74, 6) is -0.0297. The molecule has 3 atom stereocenters. The molecule has 1 fully saturated rings. The SMILES string of the molecule is C=CCOC(=O)N1c2cc(OCc3cccc(CC(=O)OC)c3)c(OC)cc2C(=O)N2C=C(C)C[C@H]2C1OC1CCCCO1. The lowest BCUT2D eigenvalue weighted by atomic mass is 10.1. The van der Waals surface area contributed by atoms with Crippen LogP contribution < -0.4 is 14.4 Å². The molecule has 5 rings (SSSR count). The Kier molecular flexibility index (Phi) is 9.86. The highest BCUT2D eigenvalue weighted by molar-refractivity contribution is 6.06. The maximum absolute atomic E-state index is 14.1. The fraction of sp³-hybridized carbons (Fsp3) is 0.424. The van der Waals surface area contributed by atoms with Gasteiger partial charge in [-0.25, -0.2) is 9.69 Å². The molecule has 3 heterocycles. The van der Waals surface area contributed by atoms with Crippen LogP contribution in [0.2, 0.25) is 0 Å². The first kappa shape index (κ1) is 31.1. The van der Waals surface area contributed by atoms with Crippen molar-refractivity contribution in [1.29, 1.82) is 0 Å². The molecule has 0 aliphatic carbocycles. The summed E-state index contributed by atoms with van der Waals surface area (Å²) in [4.78, 5) is 42.6. The van der Waals surface area contributed by atoms with Crippen molar-refractivity contribution in [3.8, 4) is 11.5 Å². The van der Waals surface area contributed by atoms with Crippen LogP contribution in [0.25, 0.3) is 0 Å². The van der Waals surface area contributed by atoms with Crippen molar-refractivity contribution in [2.45, 2.75) is 64.2 Å². The Morgan fingerprint density at radius 2 is 1.93 bits per heavy atom. The molecule has 2 amide bonds. The van der Waals surface area contributed by atoms with Gasteiger partial charge in [-0.05, 0) is 49.8 Å². The number of hydrogen-bond donors (Lipinski definition) is 0. The minimum atomic E-state index is -0.912. The molecule has 0 saturated carbocycles. The number of carbonyl (C=O) groups is 3. The van der Waals surface area contributed by atoms with Gasteiger partial charge in [0.25, 0.3) is 5.91 Å². The molecule has 2 unspecified atom stereocenters. The van der Waals surface area contributed by atoms with Gasteiger partial charge >= 0.3 is 12.1 Å². The molecule has 11 heteroatoms. The quantitative estimate of drug-likeness (QED) is 0.269. The van der Waals surface area contributed by atoms with Gasteiger partial charge in [-0.2, -0.15) is 0 Å². The van der Waals surface area contributed by atoms with E-state index in [4.69, 9.17) is 28.4 Å². The van der Waals surface area contributed by atoms with E-state index in [1.54, 1.807) is 23.2 Å². The van der Waals surface area contributed by atoms with E-state index in [0.29, 0.717) is 30.9 Å². The van der Waals surface area contributed by atoms with Gasteiger partial charge in [0.2, 0.25) is 0 Å². The zero-order chi connectivity index (χ0) is 31.2. The first-order chi connectivity index (χ1) is 21.3. The zero-order valence-electron chi connectivity index (χ0n) is 25.3. The molecule has 3 aliphatic heterocycles. The van der Waals surface area contributed by atoms with E-state index in [-0.39, 0.29) is 42.8 Å². The first-order valence-electron chi connectivity index (χ1n) is 14.7. The van der Waals surface area contributed by atoms with Gasteiger partial charge < -0.3 is 33.3 Å².